The maximum Gasteiger partial charge on any atom is 0.340 e. The Labute approximate surface area is 219 Å². The number of thiocarbonyl (C=S) groups is 1. The van der Waals surface area contributed by atoms with Crippen molar-refractivity contribution in [1.29, 1.82) is 0 Å². The zero-order valence-electron chi connectivity index (χ0n) is 20.2. The summed E-state index contributed by atoms with van der Waals surface area (Å²) in [5.41, 5.74) is 1.75. The van der Waals surface area contributed by atoms with Gasteiger partial charge in [0.15, 0.2) is 5.60 Å². The molecule has 0 amide bonds. The van der Waals surface area contributed by atoms with Crippen LogP contribution in [-0.4, -0.2) is 33.6 Å². The van der Waals surface area contributed by atoms with E-state index in [-0.39, 0.29) is 17.6 Å². The third-order valence-electron chi connectivity index (χ3n) is 6.82. The number of benzene rings is 3. The van der Waals surface area contributed by atoms with E-state index in [1.54, 1.807) is 18.2 Å². The Balaban J connectivity index is 1.51. The zero-order chi connectivity index (χ0) is 26.2. The summed E-state index contributed by atoms with van der Waals surface area (Å²) in [5, 5.41) is 20.1. The van der Waals surface area contributed by atoms with Gasteiger partial charge in [0.1, 0.15) is 29.1 Å². The van der Waals surface area contributed by atoms with Crippen molar-refractivity contribution < 1.29 is 34.0 Å². The van der Waals surface area contributed by atoms with E-state index in [2.05, 4.69) is 6.92 Å². The van der Waals surface area contributed by atoms with Crippen molar-refractivity contribution in [2.75, 3.05) is 0 Å². The molecule has 8 heteroatoms. The Bertz CT molecular complexity index is 1350. The molecular formula is C29H26O7S. The van der Waals surface area contributed by atoms with Gasteiger partial charge in [0.05, 0.1) is 5.56 Å². The van der Waals surface area contributed by atoms with Crippen molar-refractivity contribution in [2.24, 2.45) is 0 Å². The van der Waals surface area contributed by atoms with Gasteiger partial charge < -0.3 is 24.4 Å². The molecular weight excluding hydrogens is 492 g/mol. The molecule has 1 spiro atoms. The zero-order valence-corrected chi connectivity index (χ0v) is 21.0. The van der Waals surface area contributed by atoms with Crippen molar-refractivity contribution in [1.82, 2.24) is 0 Å². The van der Waals surface area contributed by atoms with Gasteiger partial charge in [-0.25, -0.2) is 4.79 Å². The smallest absolute Gasteiger partial charge is 0.340 e. The van der Waals surface area contributed by atoms with Crippen LogP contribution >= 0.6 is 12.2 Å². The van der Waals surface area contributed by atoms with Crippen LogP contribution in [0, 0.1) is 0 Å². The second-order valence-corrected chi connectivity index (χ2v) is 9.91. The fourth-order valence-corrected chi connectivity index (χ4v) is 5.50. The van der Waals surface area contributed by atoms with Gasteiger partial charge in [0.25, 0.3) is 6.47 Å². The first kappa shape index (κ1) is 24.8. The van der Waals surface area contributed by atoms with Crippen LogP contribution in [0.4, 0.5) is 0 Å². The first-order chi connectivity index (χ1) is 17.8. The summed E-state index contributed by atoms with van der Waals surface area (Å²) >= 11 is 5.61. The summed E-state index contributed by atoms with van der Waals surface area (Å²) in [6.45, 7) is 2.55. The minimum Gasteiger partial charge on any atom is -0.508 e. The highest BCUT2D eigenvalue weighted by atomic mass is 32.1. The summed E-state index contributed by atoms with van der Waals surface area (Å²) in [4.78, 5) is 24.9. The Morgan fingerprint density at radius 1 is 1.03 bits per heavy atom. The van der Waals surface area contributed by atoms with E-state index in [0.29, 0.717) is 53.1 Å². The third kappa shape index (κ3) is 4.42. The second-order valence-electron chi connectivity index (χ2n) is 9.33. The third-order valence-corrected chi connectivity index (χ3v) is 7.13. The first-order valence-electron chi connectivity index (χ1n) is 12.2. The van der Waals surface area contributed by atoms with E-state index in [4.69, 9.17) is 26.4 Å². The standard InChI is InChI=1S/C29H26O7S/c1-2-3-4-20(34-16-30)15-21(37)11-17-5-8-23-22(12-17)28(33)36-29(23)24-9-6-18(31)13-26(24)35-27-14-19(32)7-10-25(27)29/h5-10,12-14,16,20,31-32H,2-4,11,15H2,1H3/t20-/m1/s1. The monoisotopic (exact) mass is 518 g/mol. The molecule has 5 rings (SSSR count). The predicted octanol–water partition coefficient (Wildman–Crippen LogP) is 5.70. The van der Waals surface area contributed by atoms with Crippen LogP contribution in [0.25, 0.3) is 0 Å². The molecule has 0 aliphatic carbocycles. The molecule has 0 bridgehead atoms. The van der Waals surface area contributed by atoms with E-state index in [0.717, 1.165) is 29.7 Å². The topological polar surface area (TPSA) is 102 Å². The van der Waals surface area contributed by atoms with Crippen LogP contribution < -0.4 is 4.74 Å². The van der Waals surface area contributed by atoms with E-state index in [9.17, 15) is 19.8 Å². The number of ether oxygens (including phenoxy) is 3. The predicted molar refractivity (Wildman–Crippen MR) is 139 cm³/mol. The molecule has 2 heterocycles. The van der Waals surface area contributed by atoms with Crippen LogP contribution in [0.3, 0.4) is 0 Å². The molecule has 0 saturated heterocycles. The first-order valence-corrected chi connectivity index (χ1v) is 12.6. The highest BCUT2D eigenvalue weighted by Crippen LogP contribution is 2.57. The molecule has 37 heavy (non-hydrogen) atoms. The molecule has 0 saturated carbocycles. The molecule has 7 nitrogen and oxygen atoms in total. The van der Waals surface area contributed by atoms with Gasteiger partial charge in [0, 0.05) is 46.5 Å². The summed E-state index contributed by atoms with van der Waals surface area (Å²) in [6.07, 6.45) is 3.36. The molecule has 190 valence electrons. The number of rotatable bonds is 9. The number of fused-ring (bicyclic) bond motifs is 6. The Morgan fingerprint density at radius 3 is 2.30 bits per heavy atom. The van der Waals surface area contributed by atoms with E-state index >= 15 is 0 Å². The van der Waals surface area contributed by atoms with Crippen LogP contribution in [0.5, 0.6) is 23.0 Å². The maximum atomic E-state index is 13.3. The average molecular weight is 519 g/mol. The van der Waals surface area contributed by atoms with Gasteiger partial charge in [-0.3, -0.25) is 4.79 Å². The Morgan fingerprint density at radius 2 is 1.68 bits per heavy atom. The SMILES string of the molecule is CCCC[C@H](CC(=S)Cc1ccc2c(c1)C(=O)OC21c2ccc(O)cc2Oc2cc(O)ccc21)OC=O. The molecule has 2 aliphatic heterocycles. The van der Waals surface area contributed by atoms with Crippen LogP contribution in [0.15, 0.2) is 54.6 Å². The van der Waals surface area contributed by atoms with Gasteiger partial charge in [-0.15, -0.1) is 0 Å². The van der Waals surface area contributed by atoms with E-state index in [1.165, 1.54) is 24.3 Å². The quantitative estimate of drug-likeness (QED) is 0.211. The number of carbonyl (C=O) groups is 2. The Hall–Kier alpha value is -3.91. The fourth-order valence-electron chi connectivity index (χ4n) is 5.14. The highest BCUT2D eigenvalue weighted by molar-refractivity contribution is 7.80. The van der Waals surface area contributed by atoms with Crippen molar-refractivity contribution in [3.8, 4) is 23.0 Å². The number of carbonyl (C=O) groups excluding carboxylic acids is 2. The summed E-state index contributed by atoms with van der Waals surface area (Å²) in [7, 11) is 0. The van der Waals surface area contributed by atoms with Crippen LogP contribution in [0.1, 0.15) is 65.2 Å². The van der Waals surface area contributed by atoms with Gasteiger partial charge in [0.2, 0.25) is 0 Å². The minimum atomic E-state index is -1.29. The molecule has 3 aromatic carbocycles. The number of phenols is 2. The number of aromatic hydroxyl groups is 2. The molecule has 3 aromatic rings. The van der Waals surface area contributed by atoms with Gasteiger partial charge >= 0.3 is 5.97 Å². The molecule has 0 unspecified atom stereocenters. The molecule has 2 N–H and O–H groups in total. The van der Waals surface area contributed by atoms with E-state index < -0.39 is 11.6 Å². The van der Waals surface area contributed by atoms with Gasteiger partial charge in [-0.1, -0.05) is 44.1 Å². The van der Waals surface area contributed by atoms with E-state index in [1.807, 2.05) is 12.1 Å². The number of unbranched alkanes of at least 4 members (excludes halogenated alkanes) is 1. The lowest BCUT2D eigenvalue weighted by Gasteiger charge is -2.36. The lowest BCUT2D eigenvalue weighted by atomic mass is 9.77. The average Bonchev–Trinajstić information content (AvgIpc) is 3.14. The summed E-state index contributed by atoms with van der Waals surface area (Å²) in [5.74, 6) is 0.172. The highest BCUT2D eigenvalue weighted by Gasteiger charge is 2.53. The molecule has 0 fully saturated rings. The fraction of sp³-hybridized carbons (Fsp3) is 0.276. The molecule has 2 aliphatic rings. The molecule has 0 radical (unpaired) electrons. The van der Waals surface area contributed by atoms with Crippen LogP contribution in [-0.2, 0) is 26.3 Å². The van der Waals surface area contributed by atoms with Gasteiger partial charge in [-0.05, 0) is 42.3 Å². The number of hydrogen-bond acceptors (Lipinski definition) is 8. The van der Waals surface area contributed by atoms with Crippen molar-refractivity contribution in [2.45, 2.75) is 50.7 Å². The van der Waals surface area contributed by atoms with Gasteiger partial charge in [-0.2, -0.15) is 0 Å². The lowest BCUT2D eigenvalue weighted by molar-refractivity contribution is -0.133. The normalized spacial score (nSPS) is 15.1. The number of phenolic OH excluding ortho intramolecular Hbond substituents is 2. The largest absolute Gasteiger partial charge is 0.508 e. The minimum absolute atomic E-state index is 0.00158. The number of hydrogen-bond donors (Lipinski definition) is 2. The lowest BCUT2D eigenvalue weighted by Crippen LogP contribution is -2.32. The maximum absolute atomic E-state index is 13.3. The Kier molecular flexibility index (Phi) is 6.60. The van der Waals surface area contributed by atoms with Crippen LogP contribution in [0.2, 0.25) is 0 Å². The molecule has 1 atom stereocenters. The van der Waals surface area contributed by atoms with Crippen molar-refractivity contribution >= 4 is 29.5 Å². The summed E-state index contributed by atoms with van der Waals surface area (Å²) in [6, 6.07) is 14.9. The second kappa shape index (κ2) is 9.86. The van der Waals surface area contributed by atoms with Crippen molar-refractivity contribution in [3.63, 3.8) is 0 Å². The van der Waals surface area contributed by atoms with Crippen molar-refractivity contribution in [3.05, 3.63) is 82.4 Å². The molecule has 0 aromatic heterocycles. The summed E-state index contributed by atoms with van der Waals surface area (Å²) < 4.78 is 17.3. The number of esters is 1.